The summed E-state index contributed by atoms with van der Waals surface area (Å²) in [6.45, 7) is -0.0567. The summed E-state index contributed by atoms with van der Waals surface area (Å²) in [5.41, 5.74) is 1.57. The summed E-state index contributed by atoms with van der Waals surface area (Å²) in [4.78, 5) is 10.6. The van der Waals surface area contributed by atoms with E-state index in [2.05, 4.69) is 15.1 Å². The van der Waals surface area contributed by atoms with Gasteiger partial charge in [-0.15, -0.1) is 0 Å². The van der Waals surface area contributed by atoms with Gasteiger partial charge >= 0.3 is 6.01 Å². The standard InChI is InChI=1S/C21H25N5O6S/c1-31-17-4-2-3-15(11-17)18-5-6-26(24-18)20-12-19(25-7-9-33(29,30)10-8-25)22-21(23-20)32-14-16(28)13-27/h2-6,11-12,16,27-28H,7-10,13-14H2,1H3. The molecule has 3 aromatic rings. The normalized spacial score (nSPS) is 16.4. The molecular weight excluding hydrogens is 450 g/mol. The topological polar surface area (TPSA) is 140 Å². The van der Waals surface area contributed by atoms with Crippen molar-refractivity contribution in [3.05, 3.63) is 42.6 Å². The van der Waals surface area contributed by atoms with Crippen LogP contribution in [-0.4, -0.2) is 89.4 Å². The van der Waals surface area contributed by atoms with Gasteiger partial charge in [-0.3, -0.25) is 0 Å². The summed E-state index contributed by atoms with van der Waals surface area (Å²) < 4.78 is 36.0. The van der Waals surface area contributed by atoms with E-state index in [1.165, 1.54) is 0 Å². The first-order valence-electron chi connectivity index (χ1n) is 10.3. The molecule has 1 unspecified atom stereocenters. The van der Waals surface area contributed by atoms with Crippen molar-refractivity contribution in [2.45, 2.75) is 6.10 Å². The van der Waals surface area contributed by atoms with Crippen LogP contribution < -0.4 is 14.4 Å². The van der Waals surface area contributed by atoms with E-state index in [0.29, 0.717) is 36.2 Å². The number of rotatable bonds is 8. The Morgan fingerprint density at radius 3 is 2.61 bits per heavy atom. The third kappa shape index (κ3) is 5.59. The zero-order chi connectivity index (χ0) is 23.4. The van der Waals surface area contributed by atoms with Gasteiger partial charge in [0.25, 0.3) is 0 Å². The minimum atomic E-state index is -3.06. The summed E-state index contributed by atoms with van der Waals surface area (Å²) in [7, 11) is -1.46. The Labute approximate surface area is 191 Å². The molecule has 2 N–H and O–H groups in total. The molecule has 1 saturated heterocycles. The van der Waals surface area contributed by atoms with E-state index in [1.54, 1.807) is 24.1 Å². The first-order chi connectivity index (χ1) is 15.9. The van der Waals surface area contributed by atoms with Crippen molar-refractivity contribution in [1.29, 1.82) is 0 Å². The summed E-state index contributed by atoms with van der Waals surface area (Å²) in [6, 6.07) is 11.0. The zero-order valence-electron chi connectivity index (χ0n) is 18.0. The minimum absolute atomic E-state index is 0.0122. The van der Waals surface area contributed by atoms with Gasteiger partial charge in [0.15, 0.2) is 15.7 Å². The molecule has 2 aromatic heterocycles. The van der Waals surface area contributed by atoms with E-state index in [1.807, 2.05) is 35.2 Å². The molecule has 0 bridgehead atoms. The van der Waals surface area contributed by atoms with E-state index in [-0.39, 0.29) is 24.1 Å². The molecule has 3 heterocycles. The fourth-order valence-electron chi connectivity index (χ4n) is 3.30. The van der Waals surface area contributed by atoms with Crippen LogP contribution in [0.1, 0.15) is 0 Å². The van der Waals surface area contributed by atoms with E-state index in [9.17, 15) is 13.5 Å². The van der Waals surface area contributed by atoms with Crippen LogP contribution in [-0.2, 0) is 9.84 Å². The number of hydrogen-bond donors (Lipinski definition) is 2. The Morgan fingerprint density at radius 1 is 1.12 bits per heavy atom. The van der Waals surface area contributed by atoms with Crippen LogP contribution in [0, 0.1) is 0 Å². The van der Waals surface area contributed by atoms with Crippen LogP contribution in [0.15, 0.2) is 42.6 Å². The van der Waals surface area contributed by atoms with Crippen molar-refractivity contribution in [3.8, 4) is 28.8 Å². The number of anilines is 1. The number of benzene rings is 1. The van der Waals surface area contributed by atoms with Gasteiger partial charge in [-0.05, 0) is 18.2 Å². The molecule has 1 atom stereocenters. The smallest absolute Gasteiger partial charge is 0.320 e. The van der Waals surface area contributed by atoms with Crippen LogP contribution in [0.2, 0.25) is 0 Å². The van der Waals surface area contributed by atoms with Crippen LogP contribution >= 0.6 is 0 Å². The fourth-order valence-corrected chi connectivity index (χ4v) is 4.50. The van der Waals surface area contributed by atoms with Gasteiger partial charge < -0.3 is 24.6 Å². The Kier molecular flexibility index (Phi) is 6.77. The molecule has 176 valence electrons. The van der Waals surface area contributed by atoms with Crippen LogP contribution in [0.5, 0.6) is 11.8 Å². The molecule has 0 aliphatic carbocycles. The van der Waals surface area contributed by atoms with E-state index < -0.39 is 22.5 Å². The predicted octanol–water partition coefficient (Wildman–Crippen LogP) is 0.305. The Morgan fingerprint density at radius 2 is 1.88 bits per heavy atom. The second-order valence-corrected chi connectivity index (χ2v) is 9.83. The second kappa shape index (κ2) is 9.73. The van der Waals surface area contributed by atoms with Crippen molar-refractivity contribution in [2.75, 3.05) is 49.8 Å². The van der Waals surface area contributed by atoms with Gasteiger partial charge in [0.2, 0.25) is 0 Å². The number of aliphatic hydroxyl groups excluding tert-OH is 2. The van der Waals surface area contributed by atoms with Gasteiger partial charge in [-0.2, -0.15) is 15.1 Å². The number of ether oxygens (including phenoxy) is 2. The summed E-state index contributed by atoms with van der Waals surface area (Å²) in [5.74, 6) is 1.68. The van der Waals surface area contributed by atoms with Gasteiger partial charge in [-0.1, -0.05) is 12.1 Å². The lowest BCUT2D eigenvalue weighted by molar-refractivity contribution is 0.0504. The number of nitrogens with zero attached hydrogens (tertiary/aromatic N) is 5. The molecular formula is C21H25N5O6S. The maximum atomic E-state index is 11.8. The maximum absolute atomic E-state index is 11.8. The third-order valence-corrected chi connectivity index (χ3v) is 6.76. The van der Waals surface area contributed by atoms with E-state index in [0.717, 1.165) is 5.56 Å². The Balaban J connectivity index is 1.65. The first kappa shape index (κ1) is 23.0. The van der Waals surface area contributed by atoms with Crippen molar-refractivity contribution in [1.82, 2.24) is 19.7 Å². The lowest BCUT2D eigenvalue weighted by Gasteiger charge is -2.28. The van der Waals surface area contributed by atoms with Gasteiger partial charge in [0, 0.05) is 30.9 Å². The van der Waals surface area contributed by atoms with Crippen LogP contribution in [0.3, 0.4) is 0 Å². The molecule has 0 spiro atoms. The number of aliphatic hydroxyl groups is 2. The Hall–Kier alpha value is -3.22. The lowest BCUT2D eigenvalue weighted by Crippen LogP contribution is -2.40. The quantitative estimate of drug-likeness (QED) is 0.468. The second-order valence-electron chi connectivity index (χ2n) is 7.53. The number of methoxy groups -OCH3 is 1. The summed E-state index contributed by atoms with van der Waals surface area (Å²) >= 11 is 0. The third-order valence-electron chi connectivity index (χ3n) is 5.15. The summed E-state index contributed by atoms with van der Waals surface area (Å²) in [5, 5.41) is 23.3. The predicted molar refractivity (Wildman–Crippen MR) is 121 cm³/mol. The maximum Gasteiger partial charge on any atom is 0.320 e. The van der Waals surface area contributed by atoms with Crippen LogP contribution in [0.4, 0.5) is 5.82 Å². The van der Waals surface area contributed by atoms with Gasteiger partial charge in [0.1, 0.15) is 24.3 Å². The highest BCUT2D eigenvalue weighted by atomic mass is 32.2. The highest BCUT2D eigenvalue weighted by Gasteiger charge is 2.24. The minimum Gasteiger partial charge on any atom is -0.497 e. The summed E-state index contributed by atoms with van der Waals surface area (Å²) in [6.07, 6.45) is 0.665. The van der Waals surface area contributed by atoms with Crippen molar-refractivity contribution in [2.24, 2.45) is 0 Å². The molecule has 33 heavy (non-hydrogen) atoms. The number of sulfone groups is 1. The number of hydrogen-bond acceptors (Lipinski definition) is 10. The van der Waals surface area contributed by atoms with Crippen LogP contribution in [0.25, 0.3) is 17.1 Å². The first-order valence-corrected chi connectivity index (χ1v) is 12.2. The number of aromatic nitrogens is 4. The average molecular weight is 476 g/mol. The van der Waals surface area contributed by atoms with E-state index in [4.69, 9.17) is 14.6 Å². The molecule has 1 aliphatic heterocycles. The molecule has 4 rings (SSSR count). The highest BCUT2D eigenvalue weighted by molar-refractivity contribution is 7.91. The molecule has 1 fully saturated rings. The molecule has 11 nitrogen and oxygen atoms in total. The molecule has 1 aliphatic rings. The molecule has 0 amide bonds. The molecule has 12 heteroatoms. The van der Waals surface area contributed by atoms with Crippen molar-refractivity contribution in [3.63, 3.8) is 0 Å². The zero-order valence-corrected chi connectivity index (χ0v) is 18.8. The average Bonchev–Trinajstić information content (AvgIpc) is 3.33. The highest BCUT2D eigenvalue weighted by Crippen LogP contribution is 2.25. The largest absolute Gasteiger partial charge is 0.497 e. The Bertz CT molecular complexity index is 1200. The van der Waals surface area contributed by atoms with Crippen molar-refractivity contribution >= 4 is 15.7 Å². The van der Waals surface area contributed by atoms with Gasteiger partial charge in [0.05, 0.1) is 30.9 Å². The van der Waals surface area contributed by atoms with Gasteiger partial charge in [-0.25, -0.2) is 13.1 Å². The fraction of sp³-hybridized carbons (Fsp3) is 0.381. The SMILES string of the molecule is COc1cccc(-c2ccn(-c3cc(N4CCS(=O)(=O)CC4)nc(OCC(O)CO)n3)n2)c1. The molecule has 0 saturated carbocycles. The molecule has 0 radical (unpaired) electrons. The molecule has 1 aromatic carbocycles. The monoisotopic (exact) mass is 475 g/mol. The van der Waals surface area contributed by atoms with Crippen molar-refractivity contribution < 1.29 is 28.1 Å². The lowest BCUT2D eigenvalue weighted by atomic mass is 10.1. The van der Waals surface area contributed by atoms with E-state index >= 15 is 0 Å².